The van der Waals surface area contributed by atoms with Gasteiger partial charge >= 0.3 is 0 Å². The molecule has 0 spiro atoms. The van der Waals surface area contributed by atoms with E-state index in [-0.39, 0.29) is 0 Å². The molecule has 0 aliphatic heterocycles. The van der Waals surface area contributed by atoms with Crippen molar-refractivity contribution < 1.29 is 5.21 Å². The lowest BCUT2D eigenvalue weighted by molar-refractivity contribution is 0.186. The third-order valence-electron chi connectivity index (χ3n) is 2.39. The molecule has 0 saturated carbocycles. The van der Waals surface area contributed by atoms with E-state index in [2.05, 4.69) is 10.3 Å². The van der Waals surface area contributed by atoms with E-state index in [9.17, 15) is 5.21 Å². The highest BCUT2D eigenvalue weighted by molar-refractivity contribution is 5.81. The van der Waals surface area contributed by atoms with Crippen molar-refractivity contribution in [2.45, 2.75) is 0 Å². The van der Waals surface area contributed by atoms with Crippen LogP contribution >= 0.6 is 0 Å². The van der Waals surface area contributed by atoms with Crippen LogP contribution in [0.5, 0.6) is 0 Å². The van der Waals surface area contributed by atoms with Gasteiger partial charge in [-0.25, -0.2) is 0 Å². The van der Waals surface area contributed by atoms with Crippen LogP contribution in [0.15, 0.2) is 35.3 Å². The molecule has 0 fully saturated rings. The second-order valence-corrected chi connectivity index (χ2v) is 3.23. The highest BCUT2D eigenvalue weighted by atomic mass is 16.5. The molecular formula is C11H13N3O. The van der Waals surface area contributed by atoms with Crippen molar-refractivity contribution >= 4 is 16.6 Å². The average molecular weight is 203 g/mol. The third kappa shape index (κ3) is 1.44. The summed E-state index contributed by atoms with van der Waals surface area (Å²) in [6.45, 7) is 0. The van der Waals surface area contributed by atoms with Gasteiger partial charge in [0.25, 0.3) is 0 Å². The van der Waals surface area contributed by atoms with Gasteiger partial charge in [-0.3, -0.25) is 4.99 Å². The molecule has 2 rings (SSSR count). The van der Waals surface area contributed by atoms with Crippen molar-refractivity contribution in [3.8, 4) is 0 Å². The molecule has 0 saturated heterocycles. The minimum absolute atomic E-state index is 0.524. The lowest BCUT2D eigenvalue weighted by atomic mass is 10.2. The van der Waals surface area contributed by atoms with E-state index >= 15 is 0 Å². The zero-order valence-corrected chi connectivity index (χ0v) is 8.73. The number of nitrogens with zero attached hydrogens (tertiary/aromatic N) is 2. The lowest BCUT2D eigenvalue weighted by Crippen LogP contribution is -2.22. The van der Waals surface area contributed by atoms with E-state index in [0.717, 1.165) is 21.3 Å². The summed E-state index contributed by atoms with van der Waals surface area (Å²) < 4.78 is 1.10. The Balaban J connectivity index is 2.95. The molecule has 1 aromatic heterocycles. The molecule has 15 heavy (non-hydrogen) atoms. The number of benzene rings is 1. The Bertz CT molecular complexity index is 557. The molecule has 0 atom stereocenters. The fourth-order valence-corrected chi connectivity index (χ4v) is 1.65. The smallest absolute Gasteiger partial charge is 0.187 e. The molecule has 4 heteroatoms. The second-order valence-electron chi connectivity index (χ2n) is 3.23. The van der Waals surface area contributed by atoms with E-state index in [1.54, 1.807) is 14.1 Å². The monoisotopic (exact) mass is 203 g/mol. The number of hydrogen-bond acceptors (Lipinski definition) is 3. The first-order chi connectivity index (χ1) is 7.27. The fraction of sp³-hybridized carbons (Fsp3) is 0.182. The van der Waals surface area contributed by atoms with Gasteiger partial charge < -0.3 is 10.5 Å². The number of nitrogens with one attached hydrogen (secondary N) is 1. The first-order valence-electron chi connectivity index (χ1n) is 4.72. The topological polar surface area (TPSA) is 49.5 Å². The van der Waals surface area contributed by atoms with Crippen molar-refractivity contribution in [1.29, 1.82) is 0 Å². The van der Waals surface area contributed by atoms with E-state index in [1.165, 1.54) is 0 Å². The Hall–Kier alpha value is -1.97. The highest BCUT2D eigenvalue weighted by Gasteiger charge is 2.03. The van der Waals surface area contributed by atoms with Crippen LogP contribution in [-0.2, 0) is 0 Å². The largest absolute Gasteiger partial charge is 0.426 e. The Morgan fingerprint density at radius 2 is 2.07 bits per heavy atom. The van der Waals surface area contributed by atoms with E-state index < -0.39 is 0 Å². The Morgan fingerprint density at radius 1 is 1.33 bits per heavy atom. The van der Waals surface area contributed by atoms with Crippen molar-refractivity contribution in [3.05, 3.63) is 35.8 Å². The summed E-state index contributed by atoms with van der Waals surface area (Å²) in [5, 5.41) is 13.9. The molecule has 0 aliphatic carbocycles. The maximum Gasteiger partial charge on any atom is 0.187 e. The standard InChI is InChI=1S/C11H13N3O/c1-12-9-7-8-5-3-4-6-10(8)14(15)11(9)13-2/h3-7,12,15H,1-2H3. The van der Waals surface area contributed by atoms with Gasteiger partial charge in [-0.15, -0.1) is 0 Å². The molecule has 78 valence electrons. The summed E-state index contributed by atoms with van der Waals surface area (Å²) in [5.41, 5.74) is 2.08. The maximum absolute atomic E-state index is 9.94. The van der Waals surface area contributed by atoms with Crippen molar-refractivity contribution in [1.82, 2.24) is 4.73 Å². The molecule has 0 unspecified atom stereocenters. The summed E-state index contributed by atoms with van der Waals surface area (Å²) in [7, 11) is 3.45. The minimum atomic E-state index is 0.524. The Morgan fingerprint density at radius 3 is 2.73 bits per heavy atom. The molecular weight excluding hydrogens is 190 g/mol. The van der Waals surface area contributed by atoms with Gasteiger partial charge in [-0.1, -0.05) is 18.2 Å². The van der Waals surface area contributed by atoms with Gasteiger partial charge in [-0.05, 0) is 12.1 Å². The van der Waals surface area contributed by atoms with Gasteiger partial charge in [-0.2, -0.15) is 4.73 Å². The molecule has 4 nitrogen and oxygen atoms in total. The van der Waals surface area contributed by atoms with Crippen LogP contribution in [0.3, 0.4) is 0 Å². The van der Waals surface area contributed by atoms with Crippen LogP contribution in [-0.4, -0.2) is 24.0 Å². The van der Waals surface area contributed by atoms with Gasteiger partial charge in [0.15, 0.2) is 5.49 Å². The van der Waals surface area contributed by atoms with Crippen LogP contribution < -0.4 is 10.8 Å². The predicted molar refractivity (Wildman–Crippen MR) is 60.2 cm³/mol. The molecule has 2 N–H and O–H groups in total. The highest BCUT2D eigenvalue weighted by Crippen LogP contribution is 2.14. The second kappa shape index (κ2) is 3.65. The van der Waals surface area contributed by atoms with E-state index in [1.807, 2.05) is 30.3 Å². The lowest BCUT2D eigenvalue weighted by Gasteiger charge is -2.08. The minimum Gasteiger partial charge on any atom is -0.426 e. The van der Waals surface area contributed by atoms with Gasteiger partial charge in [0.1, 0.15) is 0 Å². The first-order valence-corrected chi connectivity index (χ1v) is 4.72. The molecule has 0 aliphatic rings. The van der Waals surface area contributed by atoms with E-state index in [0.29, 0.717) is 5.49 Å². The summed E-state index contributed by atoms with van der Waals surface area (Å²) in [5.74, 6) is 0. The predicted octanol–water partition coefficient (Wildman–Crippen LogP) is 1.45. The zero-order valence-electron chi connectivity index (χ0n) is 8.73. The van der Waals surface area contributed by atoms with Gasteiger partial charge in [0.2, 0.25) is 0 Å². The number of fused-ring (bicyclic) bond motifs is 1. The number of aromatic nitrogens is 1. The number of pyridine rings is 1. The third-order valence-corrected chi connectivity index (χ3v) is 2.39. The first kappa shape index (κ1) is 9.58. The van der Waals surface area contributed by atoms with Gasteiger partial charge in [0, 0.05) is 19.5 Å². The molecule has 0 radical (unpaired) electrons. The van der Waals surface area contributed by atoms with Crippen molar-refractivity contribution in [2.75, 3.05) is 19.4 Å². The average Bonchev–Trinajstić information content (AvgIpc) is 2.29. The van der Waals surface area contributed by atoms with Crippen LogP contribution in [0.4, 0.5) is 5.69 Å². The van der Waals surface area contributed by atoms with Crippen LogP contribution in [0.25, 0.3) is 10.9 Å². The Labute approximate surface area is 87.5 Å². The molecule has 1 heterocycles. The normalized spacial score (nSPS) is 12.0. The fourth-order valence-electron chi connectivity index (χ4n) is 1.65. The summed E-state index contributed by atoms with van der Waals surface area (Å²) >= 11 is 0. The number of rotatable bonds is 1. The van der Waals surface area contributed by atoms with Crippen LogP contribution in [0, 0.1) is 0 Å². The number of para-hydroxylation sites is 1. The van der Waals surface area contributed by atoms with Crippen LogP contribution in [0.2, 0.25) is 0 Å². The van der Waals surface area contributed by atoms with E-state index in [4.69, 9.17) is 0 Å². The zero-order chi connectivity index (χ0) is 10.8. The molecule has 1 aromatic carbocycles. The van der Waals surface area contributed by atoms with Crippen LogP contribution in [0.1, 0.15) is 0 Å². The maximum atomic E-state index is 9.94. The van der Waals surface area contributed by atoms with Crippen molar-refractivity contribution in [2.24, 2.45) is 4.99 Å². The molecule has 2 aromatic rings. The summed E-state index contributed by atoms with van der Waals surface area (Å²) in [4.78, 5) is 4.04. The number of hydrogen-bond donors (Lipinski definition) is 2. The van der Waals surface area contributed by atoms with Gasteiger partial charge in [0.05, 0.1) is 11.2 Å². The molecule has 0 amide bonds. The quantitative estimate of drug-likeness (QED) is 0.689. The Kier molecular flexibility index (Phi) is 2.33. The molecule has 0 bridgehead atoms. The summed E-state index contributed by atoms with van der Waals surface area (Å²) in [6, 6.07) is 9.58. The number of anilines is 1. The van der Waals surface area contributed by atoms with Crippen molar-refractivity contribution in [3.63, 3.8) is 0 Å². The summed E-state index contributed by atoms with van der Waals surface area (Å²) in [6.07, 6.45) is 0. The SMILES string of the molecule is CN=c1c(NC)cc2ccccc2n1O.